The number of imidazole rings is 1. The van der Waals surface area contributed by atoms with Crippen LogP contribution in [-0.2, 0) is 10.2 Å². The topological polar surface area (TPSA) is 69.9 Å². The first kappa shape index (κ1) is 10.3. The van der Waals surface area contributed by atoms with E-state index in [0.717, 1.165) is 37.3 Å². The van der Waals surface area contributed by atoms with Crippen molar-refractivity contribution in [3.8, 4) is 0 Å². The van der Waals surface area contributed by atoms with Crippen LogP contribution in [0.15, 0.2) is 23.0 Å². The van der Waals surface area contributed by atoms with Crippen LogP contribution in [0.3, 0.4) is 0 Å². The van der Waals surface area contributed by atoms with Gasteiger partial charge in [-0.25, -0.2) is 4.79 Å². The lowest BCUT2D eigenvalue weighted by Crippen LogP contribution is -2.62. The van der Waals surface area contributed by atoms with Crippen molar-refractivity contribution in [1.29, 1.82) is 0 Å². The predicted molar refractivity (Wildman–Crippen MR) is 67.8 cm³/mol. The maximum absolute atomic E-state index is 11.3. The van der Waals surface area contributed by atoms with Crippen molar-refractivity contribution >= 4 is 11.0 Å². The molecule has 18 heavy (non-hydrogen) atoms. The van der Waals surface area contributed by atoms with E-state index < -0.39 is 0 Å². The molecule has 0 unspecified atom stereocenters. The molecule has 0 saturated carbocycles. The Morgan fingerprint density at radius 1 is 1.17 bits per heavy atom. The van der Waals surface area contributed by atoms with Crippen LogP contribution >= 0.6 is 0 Å². The molecule has 2 aliphatic heterocycles. The van der Waals surface area contributed by atoms with Gasteiger partial charge in [0.15, 0.2) is 0 Å². The zero-order chi connectivity index (χ0) is 12.2. The molecule has 5 heteroatoms. The third-order valence-electron chi connectivity index (χ3n) is 4.37. The number of fused-ring (bicyclic) bond motifs is 1. The summed E-state index contributed by atoms with van der Waals surface area (Å²) in [7, 11) is 0. The second-order valence-corrected chi connectivity index (χ2v) is 5.34. The van der Waals surface area contributed by atoms with Gasteiger partial charge in [-0.1, -0.05) is 6.07 Å². The van der Waals surface area contributed by atoms with E-state index in [1.54, 1.807) is 0 Å². The van der Waals surface area contributed by atoms with E-state index in [-0.39, 0.29) is 11.1 Å². The summed E-state index contributed by atoms with van der Waals surface area (Å²) in [6.07, 6.45) is 0. The molecule has 0 spiro atoms. The lowest BCUT2D eigenvalue weighted by Gasteiger charge is -2.51. The van der Waals surface area contributed by atoms with E-state index in [1.165, 1.54) is 5.56 Å². The number of ether oxygens (including phenoxy) is 1. The molecule has 0 amide bonds. The van der Waals surface area contributed by atoms with Crippen LogP contribution in [0, 0.1) is 5.92 Å². The van der Waals surface area contributed by atoms with Crippen LogP contribution in [0.25, 0.3) is 11.0 Å². The predicted octanol–water partition coefficient (Wildman–Crippen LogP) is 0.344. The molecule has 5 nitrogen and oxygen atoms in total. The van der Waals surface area contributed by atoms with Crippen LogP contribution in [0.4, 0.5) is 0 Å². The number of rotatable bonds is 2. The van der Waals surface area contributed by atoms with Gasteiger partial charge in [-0.15, -0.1) is 0 Å². The Bertz CT molecular complexity index is 650. The molecule has 1 aromatic heterocycles. The average molecular weight is 245 g/mol. The Morgan fingerprint density at radius 3 is 2.56 bits per heavy atom. The molecule has 0 bridgehead atoms. The molecule has 0 atom stereocenters. The maximum Gasteiger partial charge on any atom is 0.323 e. The van der Waals surface area contributed by atoms with Gasteiger partial charge < -0.3 is 20.0 Å². The lowest BCUT2D eigenvalue weighted by atomic mass is 9.66. The molecule has 3 N–H and O–H groups in total. The van der Waals surface area contributed by atoms with Crippen molar-refractivity contribution in [3.63, 3.8) is 0 Å². The standard InChI is InChI=1S/C13H15N3O2/c17-12-15-10-2-1-8(3-11(10)16-12)13(6-18-7-13)9-4-14-5-9/h1-3,9,14H,4-7H2,(H2,15,16,17). The largest absolute Gasteiger partial charge is 0.379 e. The molecule has 2 aliphatic rings. The lowest BCUT2D eigenvalue weighted by molar-refractivity contribution is -0.101. The molecule has 0 radical (unpaired) electrons. The van der Waals surface area contributed by atoms with Gasteiger partial charge >= 0.3 is 5.69 Å². The van der Waals surface area contributed by atoms with Crippen LogP contribution in [0.2, 0.25) is 0 Å². The highest BCUT2D eigenvalue weighted by molar-refractivity contribution is 5.75. The molecule has 0 aliphatic carbocycles. The summed E-state index contributed by atoms with van der Waals surface area (Å²) in [5.41, 5.74) is 3.03. The number of benzene rings is 1. The molecule has 2 saturated heterocycles. The van der Waals surface area contributed by atoms with Gasteiger partial charge in [0.25, 0.3) is 0 Å². The highest BCUT2D eigenvalue weighted by Crippen LogP contribution is 2.41. The van der Waals surface area contributed by atoms with Gasteiger partial charge in [0, 0.05) is 18.5 Å². The van der Waals surface area contributed by atoms with Crippen molar-refractivity contribution in [3.05, 3.63) is 34.2 Å². The minimum atomic E-state index is -0.147. The molecule has 3 heterocycles. The Labute approximate surface area is 104 Å². The van der Waals surface area contributed by atoms with Crippen LogP contribution in [-0.4, -0.2) is 36.3 Å². The fraction of sp³-hybridized carbons (Fsp3) is 0.462. The Hall–Kier alpha value is -1.59. The SMILES string of the molecule is O=c1[nH]c2ccc(C3(C4CNC4)COC3)cc2[nH]1. The molecular weight excluding hydrogens is 230 g/mol. The molecule has 2 fully saturated rings. The van der Waals surface area contributed by atoms with Gasteiger partial charge in [0.1, 0.15) is 0 Å². The normalized spacial score (nSPS) is 22.7. The zero-order valence-electron chi connectivity index (χ0n) is 9.95. The summed E-state index contributed by atoms with van der Waals surface area (Å²) in [5, 5.41) is 3.33. The summed E-state index contributed by atoms with van der Waals surface area (Å²) < 4.78 is 5.46. The number of nitrogens with one attached hydrogen (secondary N) is 3. The van der Waals surface area contributed by atoms with E-state index in [0.29, 0.717) is 5.92 Å². The summed E-state index contributed by atoms with van der Waals surface area (Å²) in [6, 6.07) is 6.19. The van der Waals surface area contributed by atoms with Crippen molar-refractivity contribution in [1.82, 2.24) is 15.3 Å². The van der Waals surface area contributed by atoms with E-state index in [4.69, 9.17) is 4.74 Å². The Morgan fingerprint density at radius 2 is 1.94 bits per heavy atom. The van der Waals surface area contributed by atoms with Gasteiger partial charge in [-0.3, -0.25) is 0 Å². The first-order valence-electron chi connectivity index (χ1n) is 6.29. The zero-order valence-corrected chi connectivity index (χ0v) is 9.95. The maximum atomic E-state index is 11.3. The van der Waals surface area contributed by atoms with E-state index in [1.807, 2.05) is 6.07 Å². The second-order valence-electron chi connectivity index (χ2n) is 5.34. The van der Waals surface area contributed by atoms with Gasteiger partial charge in [0.05, 0.1) is 24.2 Å². The minimum Gasteiger partial charge on any atom is -0.379 e. The summed E-state index contributed by atoms with van der Waals surface area (Å²) in [5.74, 6) is 0.648. The monoisotopic (exact) mass is 245 g/mol. The molecule has 2 aromatic rings. The van der Waals surface area contributed by atoms with E-state index in [9.17, 15) is 4.79 Å². The van der Waals surface area contributed by atoms with Gasteiger partial charge in [-0.05, 0) is 23.6 Å². The van der Waals surface area contributed by atoms with Gasteiger partial charge in [-0.2, -0.15) is 0 Å². The van der Waals surface area contributed by atoms with E-state index >= 15 is 0 Å². The average Bonchev–Trinajstić information content (AvgIpc) is 2.59. The smallest absolute Gasteiger partial charge is 0.323 e. The number of hydrogen-bond donors (Lipinski definition) is 3. The van der Waals surface area contributed by atoms with Crippen LogP contribution < -0.4 is 11.0 Å². The number of aromatic amines is 2. The minimum absolute atomic E-state index is 0.146. The first-order chi connectivity index (χ1) is 8.78. The number of aromatic nitrogens is 2. The van der Waals surface area contributed by atoms with E-state index in [2.05, 4.69) is 27.4 Å². The van der Waals surface area contributed by atoms with Crippen LogP contribution in [0.5, 0.6) is 0 Å². The van der Waals surface area contributed by atoms with Gasteiger partial charge in [0.2, 0.25) is 0 Å². The quantitative estimate of drug-likeness (QED) is 0.714. The van der Waals surface area contributed by atoms with Crippen molar-refractivity contribution < 1.29 is 4.74 Å². The molecular formula is C13H15N3O2. The third kappa shape index (κ3) is 1.26. The molecule has 4 rings (SSSR count). The van der Waals surface area contributed by atoms with Crippen molar-refractivity contribution in [2.45, 2.75) is 5.41 Å². The Kier molecular flexibility index (Phi) is 1.99. The second kappa shape index (κ2) is 3.46. The fourth-order valence-electron chi connectivity index (χ4n) is 2.98. The Balaban J connectivity index is 1.82. The highest BCUT2D eigenvalue weighted by Gasteiger charge is 2.49. The molecule has 1 aromatic carbocycles. The van der Waals surface area contributed by atoms with Crippen LogP contribution in [0.1, 0.15) is 5.56 Å². The molecule has 94 valence electrons. The highest BCUT2D eigenvalue weighted by atomic mass is 16.5. The fourth-order valence-corrected chi connectivity index (χ4v) is 2.98. The summed E-state index contributed by atoms with van der Waals surface area (Å²) in [6.45, 7) is 3.70. The summed E-state index contributed by atoms with van der Waals surface area (Å²) in [4.78, 5) is 16.9. The number of H-pyrrole nitrogens is 2. The summed E-state index contributed by atoms with van der Waals surface area (Å²) >= 11 is 0. The number of hydrogen-bond acceptors (Lipinski definition) is 3. The third-order valence-corrected chi connectivity index (χ3v) is 4.37. The van der Waals surface area contributed by atoms with Crippen molar-refractivity contribution in [2.75, 3.05) is 26.3 Å². The van der Waals surface area contributed by atoms with Crippen molar-refractivity contribution in [2.24, 2.45) is 5.92 Å². The first-order valence-corrected chi connectivity index (χ1v) is 6.29.